The maximum Gasteiger partial charge on any atom is 0.364 e. The summed E-state index contributed by atoms with van der Waals surface area (Å²) in [5.74, 6) is 2.19. The average Bonchev–Trinajstić information content (AvgIpc) is 3.56. The second-order valence-corrected chi connectivity index (χ2v) is 7.33. The van der Waals surface area contributed by atoms with E-state index >= 15 is 0 Å². The molecule has 9 heteroatoms. The predicted molar refractivity (Wildman–Crippen MR) is 124 cm³/mol. The van der Waals surface area contributed by atoms with Gasteiger partial charge in [-0.05, 0) is 54.6 Å². The second kappa shape index (κ2) is 9.11. The second-order valence-electron chi connectivity index (χ2n) is 7.33. The van der Waals surface area contributed by atoms with Crippen LogP contribution in [0.4, 0.5) is 0 Å². The lowest BCUT2D eigenvalue weighted by atomic mass is 9.97. The number of aliphatic imine (C=N–C) groups is 1. The normalized spacial score (nSPS) is 16.3. The molecule has 174 valence electrons. The highest BCUT2D eigenvalue weighted by molar-refractivity contribution is 6.15. The van der Waals surface area contributed by atoms with Crippen molar-refractivity contribution in [2.45, 2.75) is 0 Å². The van der Waals surface area contributed by atoms with E-state index in [1.165, 1.54) is 13.4 Å². The summed E-state index contributed by atoms with van der Waals surface area (Å²) in [6.07, 6.45) is 3.18. The molecule has 2 aliphatic rings. The molecule has 0 amide bonds. The van der Waals surface area contributed by atoms with E-state index in [9.17, 15) is 4.79 Å². The van der Waals surface area contributed by atoms with E-state index in [2.05, 4.69) is 4.99 Å². The minimum absolute atomic E-state index is 0.0778. The van der Waals surface area contributed by atoms with Crippen molar-refractivity contribution in [2.24, 2.45) is 4.99 Å². The van der Waals surface area contributed by atoms with E-state index in [0.29, 0.717) is 51.2 Å². The van der Waals surface area contributed by atoms with Gasteiger partial charge >= 0.3 is 5.97 Å². The van der Waals surface area contributed by atoms with Crippen LogP contribution in [0.5, 0.6) is 23.0 Å². The maximum atomic E-state index is 12.8. The van der Waals surface area contributed by atoms with Crippen molar-refractivity contribution in [1.29, 1.82) is 5.26 Å². The topological polar surface area (TPSA) is 113 Å². The minimum Gasteiger partial charge on any atom is -0.497 e. The van der Waals surface area contributed by atoms with Crippen LogP contribution in [0.1, 0.15) is 16.9 Å². The molecule has 0 aliphatic carbocycles. The van der Waals surface area contributed by atoms with Crippen LogP contribution in [0.25, 0.3) is 11.3 Å². The number of nitrogens with zero attached hydrogens (tertiary/aromatic N) is 2. The van der Waals surface area contributed by atoms with E-state index in [1.807, 2.05) is 6.07 Å². The van der Waals surface area contributed by atoms with Crippen molar-refractivity contribution in [1.82, 2.24) is 0 Å². The molecule has 2 aliphatic heterocycles. The third-order valence-electron chi connectivity index (χ3n) is 5.30. The van der Waals surface area contributed by atoms with Gasteiger partial charge in [0.25, 0.3) is 5.90 Å². The number of nitriles is 1. The molecule has 2 aromatic carbocycles. The summed E-state index contributed by atoms with van der Waals surface area (Å²) in [5.41, 5.74) is 1.88. The molecule has 0 unspecified atom stereocenters. The Hall–Kier alpha value is -4.97. The summed E-state index contributed by atoms with van der Waals surface area (Å²) >= 11 is 0. The molecule has 0 spiro atoms. The summed E-state index contributed by atoms with van der Waals surface area (Å²) in [6.45, 7) is -0.113. The average molecular weight is 470 g/mol. The third-order valence-corrected chi connectivity index (χ3v) is 5.30. The molecule has 1 aromatic heterocycles. The molecular weight excluding hydrogens is 452 g/mol. The van der Waals surface area contributed by atoms with E-state index in [4.69, 9.17) is 33.4 Å². The van der Waals surface area contributed by atoms with Gasteiger partial charge in [-0.25, -0.2) is 9.79 Å². The third kappa shape index (κ3) is 4.09. The van der Waals surface area contributed by atoms with E-state index < -0.39 is 5.97 Å². The molecule has 0 bridgehead atoms. The molecule has 9 nitrogen and oxygen atoms in total. The largest absolute Gasteiger partial charge is 0.497 e. The summed E-state index contributed by atoms with van der Waals surface area (Å²) in [6, 6.07) is 15.7. The first-order valence-electron chi connectivity index (χ1n) is 10.5. The Balaban J connectivity index is 1.64. The first-order chi connectivity index (χ1) is 17.1. The van der Waals surface area contributed by atoms with Gasteiger partial charge in [-0.2, -0.15) is 5.26 Å². The lowest BCUT2D eigenvalue weighted by Crippen LogP contribution is -2.09. The lowest BCUT2D eigenvalue weighted by molar-refractivity contribution is -0.130. The zero-order valence-electron chi connectivity index (χ0n) is 18.7. The number of allylic oxidation sites excluding steroid dienone is 2. The van der Waals surface area contributed by atoms with Crippen LogP contribution in [0.15, 0.2) is 76.0 Å². The number of hydrogen-bond donors (Lipinski definition) is 0. The van der Waals surface area contributed by atoms with E-state index in [0.717, 1.165) is 0 Å². The van der Waals surface area contributed by atoms with Crippen LogP contribution in [-0.2, 0) is 9.53 Å². The number of cyclic esters (lactones) is 1. The number of furan rings is 1. The molecule has 0 fully saturated rings. The summed E-state index contributed by atoms with van der Waals surface area (Å²) < 4.78 is 33.1. The first kappa shape index (κ1) is 21.9. The highest BCUT2D eigenvalue weighted by Gasteiger charge is 2.32. The maximum absolute atomic E-state index is 12.8. The van der Waals surface area contributed by atoms with Crippen molar-refractivity contribution < 1.29 is 32.9 Å². The van der Waals surface area contributed by atoms with E-state index in [1.54, 1.807) is 61.7 Å². The Morgan fingerprint density at radius 1 is 1.03 bits per heavy atom. The Labute approximate surface area is 200 Å². The highest BCUT2D eigenvalue weighted by Crippen LogP contribution is 2.42. The summed E-state index contributed by atoms with van der Waals surface area (Å²) in [7, 11) is 3.06. The molecule has 0 radical (unpaired) electrons. The fourth-order valence-electron chi connectivity index (χ4n) is 3.66. The fraction of sp³-hybridized carbons (Fsp3) is 0.115. The van der Waals surface area contributed by atoms with Gasteiger partial charge in [0.15, 0.2) is 29.6 Å². The monoisotopic (exact) mass is 470 g/mol. The van der Waals surface area contributed by atoms with Gasteiger partial charge in [0, 0.05) is 16.7 Å². The van der Waals surface area contributed by atoms with Crippen molar-refractivity contribution in [2.75, 3.05) is 20.8 Å². The Kier molecular flexibility index (Phi) is 5.69. The molecule has 0 atom stereocenters. The lowest BCUT2D eigenvalue weighted by Gasteiger charge is -2.22. The van der Waals surface area contributed by atoms with Gasteiger partial charge < -0.3 is 28.1 Å². The molecule has 3 aromatic rings. The number of benzene rings is 2. The van der Waals surface area contributed by atoms with Crippen LogP contribution in [-0.4, -0.2) is 32.7 Å². The summed E-state index contributed by atoms with van der Waals surface area (Å²) in [4.78, 5) is 17.2. The van der Waals surface area contributed by atoms with Gasteiger partial charge in [0.2, 0.25) is 0 Å². The summed E-state index contributed by atoms with van der Waals surface area (Å²) in [5, 5.41) is 8.80. The Morgan fingerprint density at radius 3 is 2.66 bits per heavy atom. The highest BCUT2D eigenvalue weighted by atomic mass is 16.6. The number of carbonyl (C=O) groups excluding carboxylic acids is 1. The Morgan fingerprint density at radius 2 is 1.91 bits per heavy atom. The molecule has 0 saturated heterocycles. The molecule has 0 saturated carbocycles. The number of rotatable bonds is 6. The van der Waals surface area contributed by atoms with Crippen LogP contribution in [0, 0.1) is 11.3 Å². The molecule has 0 N–H and O–H groups in total. The number of carbonyl (C=O) groups is 1. The SMILES string of the molecule is COc1ccc2c(c1)/C(=C1\N=C(c3ccco3)OC1=O)C=C(c1ccc(OCC#N)c(OC)c1)O2. The van der Waals surface area contributed by atoms with Crippen molar-refractivity contribution in [3.8, 4) is 29.1 Å². The van der Waals surface area contributed by atoms with Crippen LogP contribution in [0.3, 0.4) is 0 Å². The number of hydrogen-bond acceptors (Lipinski definition) is 9. The zero-order chi connectivity index (χ0) is 24.4. The van der Waals surface area contributed by atoms with Gasteiger partial charge in [-0.15, -0.1) is 0 Å². The van der Waals surface area contributed by atoms with Gasteiger partial charge in [0.05, 0.1) is 20.5 Å². The number of ether oxygens (including phenoxy) is 5. The van der Waals surface area contributed by atoms with E-state index in [-0.39, 0.29) is 18.2 Å². The van der Waals surface area contributed by atoms with Crippen LogP contribution < -0.4 is 18.9 Å². The molecular formula is C26H18N2O7. The molecule has 3 heterocycles. The minimum atomic E-state index is -0.615. The van der Waals surface area contributed by atoms with Gasteiger partial charge in [-0.3, -0.25) is 0 Å². The number of fused-ring (bicyclic) bond motifs is 1. The predicted octanol–water partition coefficient (Wildman–Crippen LogP) is 4.35. The quantitative estimate of drug-likeness (QED) is 0.386. The Bertz CT molecular complexity index is 1440. The smallest absolute Gasteiger partial charge is 0.364 e. The van der Waals surface area contributed by atoms with Crippen LogP contribution >= 0.6 is 0 Å². The molecule has 5 rings (SSSR count). The zero-order valence-corrected chi connectivity index (χ0v) is 18.7. The number of methoxy groups -OCH3 is 2. The number of esters is 1. The van der Waals surface area contributed by atoms with Gasteiger partial charge in [0.1, 0.15) is 23.3 Å². The first-order valence-corrected chi connectivity index (χ1v) is 10.5. The van der Waals surface area contributed by atoms with Crippen molar-refractivity contribution in [3.05, 3.63) is 83.5 Å². The van der Waals surface area contributed by atoms with Crippen molar-refractivity contribution in [3.63, 3.8) is 0 Å². The van der Waals surface area contributed by atoms with Crippen LogP contribution in [0.2, 0.25) is 0 Å². The fourth-order valence-corrected chi connectivity index (χ4v) is 3.66. The molecule has 35 heavy (non-hydrogen) atoms. The van der Waals surface area contributed by atoms with Crippen molar-refractivity contribution >= 4 is 23.2 Å². The van der Waals surface area contributed by atoms with Gasteiger partial charge in [-0.1, -0.05) is 0 Å². The standard InChI is InChI=1S/C26H18N2O7/c1-30-16-6-8-19-17(13-16)18(24-26(29)35-25(28-24)21-4-3-10-32-21)14-22(34-19)15-5-7-20(33-11-9-27)23(12-15)31-2/h3-8,10,12-14H,11H2,1-2H3/b24-18-.